The summed E-state index contributed by atoms with van der Waals surface area (Å²) >= 11 is 0. The molecular formula is C23H24FNO2. The van der Waals surface area contributed by atoms with Crippen LogP contribution in [0, 0.1) is 5.82 Å². The smallest absolute Gasteiger partial charge is 0.123 e. The van der Waals surface area contributed by atoms with Crippen molar-refractivity contribution in [1.82, 2.24) is 4.90 Å². The lowest BCUT2D eigenvalue weighted by Crippen LogP contribution is -2.32. The first-order valence-electron chi connectivity index (χ1n) is 8.99. The number of ether oxygens (including phenoxy) is 1. The van der Waals surface area contributed by atoms with Crippen molar-refractivity contribution in [3.05, 3.63) is 90.2 Å². The molecule has 0 amide bonds. The third-order valence-electron chi connectivity index (χ3n) is 4.27. The molecule has 0 heterocycles. The van der Waals surface area contributed by atoms with Crippen molar-refractivity contribution < 1.29 is 14.2 Å². The van der Waals surface area contributed by atoms with Gasteiger partial charge < -0.3 is 9.84 Å². The van der Waals surface area contributed by atoms with E-state index in [0.29, 0.717) is 13.1 Å². The summed E-state index contributed by atoms with van der Waals surface area (Å²) in [6.07, 6.45) is -0.627. The second-order valence-electron chi connectivity index (χ2n) is 6.68. The summed E-state index contributed by atoms with van der Waals surface area (Å²) in [5.74, 6) is 0.477. The third kappa shape index (κ3) is 5.91. The molecule has 0 aliphatic rings. The first-order chi connectivity index (χ1) is 13.1. The number of nitrogens with zero attached hydrogens (tertiary/aromatic N) is 1. The van der Waals surface area contributed by atoms with Crippen LogP contribution < -0.4 is 4.74 Å². The number of halogens is 1. The third-order valence-corrected chi connectivity index (χ3v) is 4.27. The van der Waals surface area contributed by atoms with Gasteiger partial charge in [-0.05, 0) is 48.0 Å². The summed E-state index contributed by atoms with van der Waals surface area (Å²) in [7, 11) is 1.89. The van der Waals surface area contributed by atoms with Gasteiger partial charge in [0.15, 0.2) is 0 Å². The zero-order valence-electron chi connectivity index (χ0n) is 15.4. The molecule has 0 bridgehead atoms. The minimum absolute atomic E-state index is 0.207. The molecule has 3 nitrogen and oxygen atoms in total. The molecule has 0 saturated carbocycles. The van der Waals surface area contributed by atoms with Gasteiger partial charge in [0.1, 0.15) is 24.3 Å². The van der Waals surface area contributed by atoms with Crippen LogP contribution in [-0.4, -0.2) is 36.3 Å². The average molecular weight is 365 g/mol. The first-order valence-corrected chi connectivity index (χ1v) is 8.99. The fraction of sp³-hybridized carbons (Fsp3) is 0.217. The number of aliphatic hydroxyl groups excluding tert-OH is 1. The van der Waals surface area contributed by atoms with Gasteiger partial charge in [-0.3, -0.25) is 4.90 Å². The molecule has 1 atom stereocenters. The second kappa shape index (κ2) is 9.31. The first kappa shape index (κ1) is 19.1. The molecule has 0 unspecified atom stereocenters. The van der Waals surface area contributed by atoms with Crippen molar-refractivity contribution >= 4 is 0 Å². The molecule has 0 aromatic heterocycles. The Balaban J connectivity index is 1.46. The maximum atomic E-state index is 13.2. The molecule has 3 rings (SSSR count). The second-order valence-corrected chi connectivity index (χ2v) is 6.68. The molecule has 0 fully saturated rings. The van der Waals surface area contributed by atoms with Crippen LogP contribution in [0.2, 0.25) is 0 Å². The largest absolute Gasteiger partial charge is 0.491 e. The monoisotopic (exact) mass is 365 g/mol. The van der Waals surface area contributed by atoms with Crippen molar-refractivity contribution in [1.29, 1.82) is 0 Å². The van der Waals surface area contributed by atoms with E-state index in [0.717, 1.165) is 22.4 Å². The minimum atomic E-state index is -0.627. The van der Waals surface area contributed by atoms with Gasteiger partial charge >= 0.3 is 0 Å². The highest BCUT2D eigenvalue weighted by Crippen LogP contribution is 2.22. The Morgan fingerprint density at radius 3 is 2.33 bits per heavy atom. The van der Waals surface area contributed by atoms with Crippen LogP contribution >= 0.6 is 0 Å². The van der Waals surface area contributed by atoms with Crippen LogP contribution in [0.25, 0.3) is 11.1 Å². The normalized spacial score (nSPS) is 12.1. The molecule has 27 heavy (non-hydrogen) atoms. The van der Waals surface area contributed by atoms with Gasteiger partial charge in [-0.15, -0.1) is 0 Å². The summed E-state index contributed by atoms with van der Waals surface area (Å²) < 4.78 is 18.9. The Morgan fingerprint density at radius 2 is 1.63 bits per heavy atom. The molecule has 3 aromatic carbocycles. The molecule has 0 aliphatic carbocycles. The van der Waals surface area contributed by atoms with E-state index in [1.54, 1.807) is 6.07 Å². The van der Waals surface area contributed by atoms with E-state index in [9.17, 15) is 9.50 Å². The number of benzene rings is 3. The molecule has 1 N–H and O–H groups in total. The highest BCUT2D eigenvalue weighted by molar-refractivity contribution is 5.63. The predicted octanol–water partition coefficient (Wildman–Crippen LogP) is 4.36. The zero-order chi connectivity index (χ0) is 19.1. The molecule has 140 valence electrons. The Labute approximate surface area is 159 Å². The van der Waals surface area contributed by atoms with Crippen LogP contribution in [0.3, 0.4) is 0 Å². The van der Waals surface area contributed by atoms with Gasteiger partial charge in [0.25, 0.3) is 0 Å². The van der Waals surface area contributed by atoms with E-state index < -0.39 is 6.10 Å². The molecule has 4 heteroatoms. The Morgan fingerprint density at radius 1 is 0.926 bits per heavy atom. The quantitative estimate of drug-likeness (QED) is 0.644. The van der Waals surface area contributed by atoms with Crippen LogP contribution in [0.5, 0.6) is 5.75 Å². The van der Waals surface area contributed by atoms with E-state index in [4.69, 9.17) is 4.74 Å². The SMILES string of the molecule is CN(Cc1cccc(F)c1)C[C@H](O)COc1ccc(-c2ccccc2)cc1. The van der Waals surface area contributed by atoms with Crippen molar-refractivity contribution in [3.63, 3.8) is 0 Å². The summed E-state index contributed by atoms with van der Waals surface area (Å²) in [5, 5.41) is 10.2. The lowest BCUT2D eigenvalue weighted by molar-refractivity contribution is 0.0744. The zero-order valence-corrected chi connectivity index (χ0v) is 15.4. The maximum absolute atomic E-state index is 13.2. The predicted molar refractivity (Wildman–Crippen MR) is 106 cm³/mol. The van der Waals surface area contributed by atoms with E-state index in [2.05, 4.69) is 12.1 Å². The molecule has 0 aliphatic heterocycles. The van der Waals surface area contributed by atoms with Crippen LogP contribution in [0.15, 0.2) is 78.9 Å². The molecular weight excluding hydrogens is 341 g/mol. The average Bonchev–Trinajstić information content (AvgIpc) is 2.67. The summed E-state index contributed by atoms with van der Waals surface area (Å²) in [6, 6.07) is 24.5. The van der Waals surface area contributed by atoms with E-state index >= 15 is 0 Å². The Kier molecular flexibility index (Phi) is 6.58. The van der Waals surface area contributed by atoms with Crippen molar-refractivity contribution in [3.8, 4) is 16.9 Å². The number of hydrogen-bond acceptors (Lipinski definition) is 3. The fourth-order valence-corrected chi connectivity index (χ4v) is 2.99. The summed E-state index contributed by atoms with van der Waals surface area (Å²) in [5.41, 5.74) is 3.16. The van der Waals surface area contributed by atoms with Crippen molar-refractivity contribution in [2.24, 2.45) is 0 Å². The minimum Gasteiger partial charge on any atom is -0.491 e. The van der Waals surface area contributed by atoms with Crippen LogP contribution in [0.1, 0.15) is 5.56 Å². The Hall–Kier alpha value is -2.69. The van der Waals surface area contributed by atoms with Gasteiger partial charge in [0.05, 0.1) is 0 Å². The molecule has 0 radical (unpaired) electrons. The standard InChI is InChI=1S/C23H24FNO2/c1-25(15-18-6-5-9-21(24)14-18)16-22(26)17-27-23-12-10-20(11-13-23)19-7-3-2-4-8-19/h2-14,22,26H,15-17H2,1H3/t22-/m0/s1. The van der Waals surface area contributed by atoms with Gasteiger partial charge in [-0.1, -0.05) is 54.6 Å². The summed E-state index contributed by atoms with van der Waals surface area (Å²) in [6.45, 7) is 1.22. The number of rotatable bonds is 8. The van der Waals surface area contributed by atoms with E-state index in [1.165, 1.54) is 12.1 Å². The van der Waals surface area contributed by atoms with Gasteiger partial charge in [0.2, 0.25) is 0 Å². The van der Waals surface area contributed by atoms with E-state index in [1.807, 2.05) is 60.5 Å². The topological polar surface area (TPSA) is 32.7 Å². The maximum Gasteiger partial charge on any atom is 0.123 e. The molecule has 3 aromatic rings. The van der Waals surface area contributed by atoms with Gasteiger partial charge in [-0.25, -0.2) is 4.39 Å². The van der Waals surface area contributed by atoms with Gasteiger partial charge in [0, 0.05) is 13.1 Å². The number of aliphatic hydroxyl groups is 1. The lowest BCUT2D eigenvalue weighted by atomic mass is 10.1. The highest BCUT2D eigenvalue weighted by Gasteiger charge is 2.10. The number of likely N-dealkylation sites (N-methyl/N-ethyl adjacent to an activating group) is 1. The highest BCUT2D eigenvalue weighted by atomic mass is 19.1. The van der Waals surface area contributed by atoms with Gasteiger partial charge in [-0.2, -0.15) is 0 Å². The van der Waals surface area contributed by atoms with Crippen molar-refractivity contribution in [2.45, 2.75) is 12.6 Å². The Bertz CT molecular complexity index is 837. The molecule has 0 saturated heterocycles. The van der Waals surface area contributed by atoms with Crippen molar-refractivity contribution in [2.75, 3.05) is 20.2 Å². The lowest BCUT2D eigenvalue weighted by Gasteiger charge is -2.21. The van der Waals surface area contributed by atoms with Crippen LogP contribution in [0.4, 0.5) is 4.39 Å². The van der Waals surface area contributed by atoms with Crippen LogP contribution in [-0.2, 0) is 6.54 Å². The van der Waals surface area contributed by atoms with E-state index in [-0.39, 0.29) is 12.4 Å². The fourth-order valence-electron chi connectivity index (χ4n) is 2.99. The number of hydrogen-bond donors (Lipinski definition) is 1. The summed E-state index contributed by atoms with van der Waals surface area (Å²) in [4.78, 5) is 1.95. The molecule has 0 spiro atoms.